The van der Waals surface area contributed by atoms with Crippen LogP contribution in [0.1, 0.15) is 12.0 Å². The first kappa shape index (κ1) is 18.9. The second kappa shape index (κ2) is 10.5. The summed E-state index contributed by atoms with van der Waals surface area (Å²) < 4.78 is 10.4. The maximum atomic E-state index is 11.9. The van der Waals surface area contributed by atoms with E-state index in [0.29, 0.717) is 18.0 Å². The molecule has 2 rings (SSSR count). The third-order valence-corrected chi connectivity index (χ3v) is 4.53. The van der Waals surface area contributed by atoms with Crippen molar-refractivity contribution in [1.82, 2.24) is 5.32 Å². The number of ether oxygens (including phenoxy) is 2. The summed E-state index contributed by atoms with van der Waals surface area (Å²) in [6.45, 7) is 0.657. The fraction of sp³-hybridized carbons (Fsp3) is 0.250. The number of nitrogens with one attached hydrogen (secondary N) is 1. The molecule has 0 saturated heterocycles. The Bertz CT molecular complexity index is 679. The summed E-state index contributed by atoms with van der Waals surface area (Å²) in [6.07, 6.45) is 4.20. The van der Waals surface area contributed by atoms with E-state index in [4.69, 9.17) is 9.47 Å². The Morgan fingerprint density at radius 1 is 1.08 bits per heavy atom. The van der Waals surface area contributed by atoms with Crippen LogP contribution in [0.3, 0.4) is 0 Å². The zero-order valence-corrected chi connectivity index (χ0v) is 15.3. The maximum absolute atomic E-state index is 11.9. The molecule has 0 aliphatic heterocycles. The van der Waals surface area contributed by atoms with Crippen LogP contribution in [0.5, 0.6) is 11.5 Å². The topological polar surface area (TPSA) is 47.6 Å². The average molecular weight is 357 g/mol. The molecule has 0 aliphatic carbocycles. The van der Waals surface area contributed by atoms with Crippen LogP contribution in [0.2, 0.25) is 0 Å². The molecular formula is C20H23NO3S. The molecule has 0 aromatic heterocycles. The SMILES string of the molecule is COc1cc(/C=C/C(=O)NCCCSc2ccccc2)cc(OC)c1. The van der Waals surface area contributed by atoms with Gasteiger partial charge in [-0.25, -0.2) is 0 Å². The fourth-order valence-corrected chi connectivity index (χ4v) is 3.02. The van der Waals surface area contributed by atoms with E-state index in [2.05, 4.69) is 17.4 Å². The summed E-state index contributed by atoms with van der Waals surface area (Å²) in [5.74, 6) is 2.25. The van der Waals surface area contributed by atoms with E-state index in [1.807, 2.05) is 30.3 Å². The molecule has 1 amide bonds. The van der Waals surface area contributed by atoms with Crippen molar-refractivity contribution in [2.24, 2.45) is 0 Å². The van der Waals surface area contributed by atoms with Crippen LogP contribution in [0, 0.1) is 0 Å². The zero-order valence-electron chi connectivity index (χ0n) is 14.5. The highest BCUT2D eigenvalue weighted by Gasteiger charge is 2.01. The molecule has 4 nitrogen and oxygen atoms in total. The third-order valence-electron chi connectivity index (χ3n) is 3.43. The molecule has 0 fully saturated rings. The highest BCUT2D eigenvalue weighted by atomic mass is 32.2. The van der Waals surface area contributed by atoms with Gasteiger partial charge in [0.05, 0.1) is 14.2 Å². The van der Waals surface area contributed by atoms with Gasteiger partial charge < -0.3 is 14.8 Å². The molecule has 0 radical (unpaired) electrons. The lowest BCUT2D eigenvalue weighted by molar-refractivity contribution is -0.116. The van der Waals surface area contributed by atoms with Crippen LogP contribution in [0.4, 0.5) is 0 Å². The number of hydrogen-bond acceptors (Lipinski definition) is 4. The first-order chi connectivity index (χ1) is 12.2. The van der Waals surface area contributed by atoms with Crippen LogP contribution in [0.25, 0.3) is 6.08 Å². The number of thioether (sulfide) groups is 1. The Kier molecular flexibility index (Phi) is 7.92. The molecule has 2 aromatic carbocycles. The molecule has 5 heteroatoms. The van der Waals surface area contributed by atoms with Crippen LogP contribution in [0.15, 0.2) is 59.5 Å². The van der Waals surface area contributed by atoms with Gasteiger partial charge in [-0.1, -0.05) is 18.2 Å². The first-order valence-electron chi connectivity index (χ1n) is 8.08. The highest BCUT2D eigenvalue weighted by Crippen LogP contribution is 2.23. The van der Waals surface area contributed by atoms with E-state index < -0.39 is 0 Å². The zero-order chi connectivity index (χ0) is 17.9. The van der Waals surface area contributed by atoms with Crippen molar-refractivity contribution in [2.45, 2.75) is 11.3 Å². The fourth-order valence-electron chi connectivity index (χ4n) is 2.15. The largest absolute Gasteiger partial charge is 0.497 e. The summed E-state index contributed by atoms with van der Waals surface area (Å²) >= 11 is 1.79. The summed E-state index contributed by atoms with van der Waals surface area (Å²) in [6, 6.07) is 15.7. The third kappa shape index (κ3) is 6.93. The Labute approximate surface area is 153 Å². The van der Waals surface area contributed by atoms with Gasteiger partial charge in [-0.2, -0.15) is 0 Å². The average Bonchev–Trinajstić information content (AvgIpc) is 2.66. The number of benzene rings is 2. The van der Waals surface area contributed by atoms with Gasteiger partial charge in [0.2, 0.25) is 5.91 Å². The standard InChI is InChI=1S/C20H23NO3S/c1-23-17-13-16(14-18(15-17)24-2)9-10-20(22)21-11-6-12-25-19-7-4-3-5-8-19/h3-5,7-10,13-15H,6,11-12H2,1-2H3,(H,21,22)/b10-9+. The minimum absolute atomic E-state index is 0.105. The van der Waals surface area contributed by atoms with Crippen LogP contribution in [-0.4, -0.2) is 32.4 Å². The molecule has 0 spiro atoms. The van der Waals surface area contributed by atoms with Crippen molar-refractivity contribution in [1.29, 1.82) is 0 Å². The number of methoxy groups -OCH3 is 2. The summed E-state index contributed by atoms with van der Waals surface area (Å²) in [7, 11) is 3.20. The van der Waals surface area contributed by atoms with Gasteiger partial charge in [0, 0.05) is 23.6 Å². The van der Waals surface area contributed by atoms with Crippen molar-refractivity contribution in [3.8, 4) is 11.5 Å². The second-order valence-corrected chi connectivity index (χ2v) is 6.45. The van der Waals surface area contributed by atoms with E-state index in [9.17, 15) is 4.79 Å². The van der Waals surface area contributed by atoms with E-state index >= 15 is 0 Å². The van der Waals surface area contributed by atoms with Gasteiger partial charge in [-0.05, 0) is 48.1 Å². The monoisotopic (exact) mass is 357 g/mol. The highest BCUT2D eigenvalue weighted by molar-refractivity contribution is 7.99. The molecule has 2 aromatic rings. The van der Waals surface area contributed by atoms with Gasteiger partial charge in [-0.3, -0.25) is 4.79 Å². The molecule has 0 heterocycles. The lowest BCUT2D eigenvalue weighted by atomic mass is 10.2. The quantitative estimate of drug-likeness (QED) is 0.418. The van der Waals surface area contributed by atoms with Crippen molar-refractivity contribution < 1.29 is 14.3 Å². The molecular weight excluding hydrogens is 334 g/mol. The summed E-state index contributed by atoms with van der Waals surface area (Å²) in [5, 5.41) is 2.89. The van der Waals surface area contributed by atoms with E-state index in [1.54, 1.807) is 38.1 Å². The molecule has 0 aliphatic rings. The van der Waals surface area contributed by atoms with Crippen LogP contribution < -0.4 is 14.8 Å². The number of carbonyl (C=O) groups excluding carboxylic acids is 1. The van der Waals surface area contributed by atoms with Gasteiger partial charge in [0.1, 0.15) is 11.5 Å². The Balaban J connectivity index is 1.73. The molecule has 0 saturated carbocycles. The summed E-state index contributed by atoms with van der Waals surface area (Å²) in [4.78, 5) is 13.1. The van der Waals surface area contributed by atoms with E-state index in [0.717, 1.165) is 17.7 Å². The number of rotatable bonds is 9. The van der Waals surface area contributed by atoms with Crippen molar-refractivity contribution in [2.75, 3.05) is 26.5 Å². The second-order valence-electron chi connectivity index (χ2n) is 5.29. The minimum Gasteiger partial charge on any atom is -0.497 e. The predicted molar refractivity (Wildman–Crippen MR) is 103 cm³/mol. The Morgan fingerprint density at radius 2 is 1.76 bits per heavy atom. The Hall–Kier alpha value is -2.40. The van der Waals surface area contributed by atoms with Crippen LogP contribution >= 0.6 is 11.8 Å². The molecule has 1 N–H and O–H groups in total. The molecule has 0 unspecified atom stereocenters. The Morgan fingerprint density at radius 3 is 2.40 bits per heavy atom. The van der Waals surface area contributed by atoms with E-state index in [1.165, 1.54) is 11.0 Å². The molecule has 0 bridgehead atoms. The normalized spacial score (nSPS) is 10.6. The molecule has 132 valence electrons. The lowest BCUT2D eigenvalue weighted by Crippen LogP contribution is -2.22. The van der Waals surface area contributed by atoms with Gasteiger partial charge in [-0.15, -0.1) is 11.8 Å². The number of amides is 1. The minimum atomic E-state index is -0.105. The molecule has 0 atom stereocenters. The van der Waals surface area contributed by atoms with Crippen molar-refractivity contribution in [3.05, 3.63) is 60.2 Å². The van der Waals surface area contributed by atoms with E-state index in [-0.39, 0.29) is 5.91 Å². The van der Waals surface area contributed by atoms with Gasteiger partial charge in [0.25, 0.3) is 0 Å². The number of hydrogen-bond donors (Lipinski definition) is 1. The summed E-state index contributed by atoms with van der Waals surface area (Å²) in [5.41, 5.74) is 0.853. The van der Waals surface area contributed by atoms with Gasteiger partial charge in [0.15, 0.2) is 0 Å². The van der Waals surface area contributed by atoms with Crippen molar-refractivity contribution >= 4 is 23.7 Å². The van der Waals surface area contributed by atoms with Crippen LogP contribution in [-0.2, 0) is 4.79 Å². The predicted octanol–water partition coefficient (Wildman–Crippen LogP) is 4.02. The number of carbonyl (C=O) groups is 1. The lowest BCUT2D eigenvalue weighted by Gasteiger charge is -2.06. The smallest absolute Gasteiger partial charge is 0.243 e. The molecule has 25 heavy (non-hydrogen) atoms. The maximum Gasteiger partial charge on any atom is 0.243 e. The first-order valence-corrected chi connectivity index (χ1v) is 9.06. The van der Waals surface area contributed by atoms with Crippen molar-refractivity contribution in [3.63, 3.8) is 0 Å². The van der Waals surface area contributed by atoms with Gasteiger partial charge >= 0.3 is 0 Å².